The average molecular weight is 1020 g/mol. The molecule has 22 heteroatoms. The Morgan fingerprint density at radius 3 is 2.36 bits per heavy atom. The van der Waals surface area contributed by atoms with Gasteiger partial charge in [0.2, 0.25) is 29.6 Å². The number of oxazole rings is 1. The third-order valence-corrected chi connectivity index (χ3v) is 14.8. The molecule has 4 N–H and O–H groups in total. The number of anilines is 4. The van der Waals surface area contributed by atoms with Crippen molar-refractivity contribution in [3.63, 3.8) is 0 Å². The summed E-state index contributed by atoms with van der Waals surface area (Å²) >= 11 is 9.56. The fourth-order valence-electron chi connectivity index (χ4n) is 8.30. The molecule has 2 aliphatic heterocycles. The molecule has 0 spiro atoms. The molecule has 4 aromatic heterocycles. The third kappa shape index (κ3) is 13.5. The molecule has 2 saturated heterocycles. The van der Waals surface area contributed by atoms with Crippen molar-refractivity contribution >= 4 is 91.8 Å². The number of piperidine rings is 2. The largest absolute Gasteiger partial charge is 0.494 e. The van der Waals surface area contributed by atoms with Gasteiger partial charge in [0.25, 0.3) is 11.5 Å². The zero-order valence-corrected chi connectivity index (χ0v) is 42.9. The van der Waals surface area contributed by atoms with E-state index < -0.39 is 5.56 Å². The van der Waals surface area contributed by atoms with Crippen LogP contribution in [0.15, 0.2) is 50.2 Å². The second-order valence-corrected chi connectivity index (χ2v) is 21.2. The van der Waals surface area contributed by atoms with Crippen molar-refractivity contribution in [2.24, 2.45) is 18.9 Å². The van der Waals surface area contributed by atoms with Gasteiger partial charge < -0.3 is 49.5 Å². The lowest BCUT2D eigenvalue weighted by atomic mass is 9.94. The number of aryl methyl sites for hydroxylation is 1. The molecule has 1 aromatic carbocycles. The Balaban J connectivity index is 0.770. The van der Waals surface area contributed by atoms with E-state index in [1.807, 2.05) is 9.80 Å². The molecule has 19 nitrogen and oxygen atoms in total. The number of fused-ring (bicyclic) bond motifs is 1. The molecule has 0 unspecified atom stereocenters. The number of nitrogens with one attached hydrogen (secondary N) is 4. The van der Waals surface area contributed by atoms with Crippen LogP contribution >= 0.6 is 34.7 Å². The fourth-order valence-corrected chi connectivity index (χ4v) is 10.2. The first-order valence-electron chi connectivity index (χ1n) is 23.6. The number of halogens is 1. The van der Waals surface area contributed by atoms with Crippen LogP contribution in [0.4, 0.5) is 22.6 Å². The maximum atomic E-state index is 13.1. The number of methoxy groups -OCH3 is 1. The van der Waals surface area contributed by atoms with Crippen molar-refractivity contribution in [3.05, 3.63) is 63.8 Å². The Hall–Kier alpha value is -5.93. The highest BCUT2D eigenvalue weighted by Crippen LogP contribution is 2.35. The predicted molar refractivity (Wildman–Crippen MR) is 271 cm³/mol. The minimum absolute atomic E-state index is 0.0148. The molecule has 0 aliphatic carbocycles. The number of thiazole rings is 1. The van der Waals surface area contributed by atoms with Crippen LogP contribution in [0, 0.1) is 11.8 Å². The van der Waals surface area contributed by atoms with Gasteiger partial charge in [0.1, 0.15) is 16.5 Å². The van der Waals surface area contributed by atoms with Crippen molar-refractivity contribution < 1.29 is 33.1 Å². The maximum Gasteiger partial charge on any atom is 0.293 e. The van der Waals surface area contributed by atoms with Gasteiger partial charge in [-0.25, -0.2) is 15.0 Å². The highest BCUT2D eigenvalue weighted by atomic mass is 35.5. The molecule has 6 heterocycles. The second-order valence-electron chi connectivity index (χ2n) is 18.4. The number of nitrogens with zero attached hydrogens (tertiary/aromatic N) is 7. The van der Waals surface area contributed by atoms with Crippen molar-refractivity contribution in [2.45, 2.75) is 93.9 Å². The van der Waals surface area contributed by atoms with Gasteiger partial charge in [0.05, 0.1) is 41.2 Å². The van der Waals surface area contributed by atoms with Gasteiger partial charge in [-0.2, -0.15) is 4.98 Å². The number of thioether (sulfide) groups is 1. The highest BCUT2D eigenvalue weighted by molar-refractivity contribution is 8.00. The summed E-state index contributed by atoms with van der Waals surface area (Å²) in [6.45, 7) is 8.83. The Kier molecular flexibility index (Phi) is 17.6. The van der Waals surface area contributed by atoms with E-state index in [0.29, 0.717) is 121 Å². The molecule has 5 aromatic rings. The van der Waals surface area contributed by atoms with Crippen LogP contribution in [-0.2, 0) is 37.4 Å². The number of ether oxygens (including phenoxy) is 2. The molecule has 376 valence electrons. The molecule has 4 amide bonds. The Morgan fingerprint density at radius 1 is 0.914 bits per heavy atom. The number of rotatable bonds is 20. The summed E-state index contributed by atoms with van der Waals surface area (Å²) in [4.78, 5) is 85.8. The highest BCUT2D eigenvalue weighted by Gasteiger charge is 2.29. The van der Waals surface area contributed by atoms with Crippen LogP contribution < -0.4 is 41.2 Å². The third-order valence-electron chi connectivity index (χ3n) is 12.4. The number of amides is 4. The fraction of sp³-hybridized carbons (Fsp3) is 0.521. The number of carbonyl (C=O) groups excluding carboxylic acids is 4. The lowest BCUT2D eigenvalue weighted by Crippen LogP contribution is -2.41. The van der Waals surface area contributed by atoms with Crippen LogP contribution in [-0.4, -0.2) is 107 Å². The molecule has 2 aliphatic rings. The lowest BCUT2D eigenvalue weighted by molar-refractivity contribution is -0.134. The van der Waals surface area contributed by atoms with Gasteiger partial charge in [0.15, 0.2) is 23.3 Å². The smallest absolute Gasteiger partial charge is 0.293 e. The molecular formula is C48H62ClN11O8S2. The van der Waals surface area contributed by atoms with E-state index in [-0.39, 0.29) is 53.2 Å². The van der Waals surface area contributed by atoms with Gasteiger partial charge in [0, 0.05) is 87.6 Å². The van der Waals surface area contributed by atoms with E-state index in [1.54, 1.807) is 49.4 Å². The zero-order chi connectivity index (χ0) is 50.0. The molecule has 0 radical (unpaired) electrons. The quantitative estimate of drug-likeness (QED) is 0.0452. The summed E-state index contributed by atoms with van der Waals surface area (Å²) in [6, 6.07) is 5.10. The number of likely N-dealkylation sites (tertiary alicyclic amines) is 1. The van der Waals surface area contributed by atoms with Crippen LogP contribution in [0.2, 0.25) is 5.02 Å². The molecule has 7 rings (SSSR count). The van der Waals surface area contributed by atoms with Crippen LogP contribution in [0.25, 0.3) is 10.9 Å². The van der Waals surface area contributed by atoms with Gasteiger partial charge in [-0.3, -0.25) is 24.0 Å². The van der Waals surface area contributed by atoms with Gasteiger partial charge in [-0.05, 0) is 50.7 Å². The van der Waals surface area contributed by atoms with Crippen molar-refractivity contribution in [1.82, 2.24) is 40.0 Å². The predicted octanol–water partition coefficient (Wildman–Crippen LogP) is 7.05. The number of benzene rings is 1. The first-order valence-corrected chi connectivity index (χ1v) is 25.8. The van der Waals surface area contributed by atoms with Gasteiger partial charge >= 0.3 is 0 Å². The lowest BCUT2D eigenvalue weighted by Gasteiger charge is -2.31. The van der Waals surface area contributed by atoms with Crippen molar-refractivity contribution in [2.75, 3.05) is 69.0 Å². The van der Waals surface area contributed by atoms with E-state index in [4.69, 9.17) is 30.5 Å². The number of hydrogen-bond donors (Lipinski definition) is 4. The van der Waals surface area contributed by atoms with Crippen molar-refractivity contribution in [3.8, 4) is 11.5 Å². The van der Waals surface area contributed by atoms with Crippen LogP contribution in [0.3, 0.4) is 0 Å². The molecule has 0 bridgehead atoms. The average Bonchev–Trinajstić information content (AvgIpc) is 4.04. The van der Waals surface area contributed by atoms with Gasteiger partial charge in [-0.1, -0.05) is 56.6 Å². The summed E-state index contributed by atoms with van der Waals surface area (Å²) in [5.41, 5.74) is 0.606. The first kappa shape index (κ1) is 51.9. The monoisotopic (exact) mass is 1020 g/mol. The maximum absolute atomic E-state index is 13.1. The number of hydrogen-bond acceptors (Lipinski definition) is 16. The Bertz CT molecular complexity index is 2710. The van der Waals surface area contributed by atoms with E-state index in [0.717, 1.165) is 35.7 Å². The Morgan fingerprint density at radius 2 is 1.64 bits per heavy atom. The SMILES string of the molecule is CNC(=O)COc1cc2cc(Nc3nc(N4CCC(C(=O)NCCCCCCC(=O)N5CCC(C(=O)Nc6ncc(SCc7ncc(C(C)(C)C)o7)s6)CC5)CC4)ncc3Cl)cc(OC)c2n(C)c1=O. The van der Waals surface area contributed by atoms with Crippen LogP contribution in [0.1, 0.15) is 90.2 Å². The van der Waals surface area contributed by atoms with E-state index >= 15 is 0 Å². The van der Waals surface area contributed by atoms with Crippen LogP contribution in [0.5, 0.6) is 11.5 Å². The number of unbranched alkanes of at least 4 members (excludes halogenated alkanes) is 3. The van der Waals surface area contributed by atoms with E-state index in [1.165, 1.54) is 36.3 Å². The molecule has 0 atom stereocenters. The normalized spacial score (nSPS) is 14.7. The van der Waals surface area contributed by atoms with E-state index in [2.05, 4.69) is 57.0 Å². The minimum atomic E-state index is -0.416. The van der Waals surface area contributed by atoms with Crippen molar-refractivity contribution in [1.29, 1.82) is 0 Å². The van der Waals surface area contributed by atoms with Gasteiger partial charge in [-0.15, -0.1) is 11.8 Å². The standard InChI is InChI=1S/C48H62ClN11O8S2/c1-48(2,3)36-25-52-38(68-36)28-69-40-26-54-47(70-40)57-44(64)30-12-17-59(18-13-30)39(62)11-9-7-8-10-16-51-43(63)29-14-19-60(20-15-29)46-53-24-33(49)42(56-46)55-32-21-31-22-35(67-27-37(61)50-4)45(65)58(5)41(31)34(23-32)66-6/h21-26,29-30H,7-20,27-28H2,1-6H3,(H,50,61)(H,51,63)(H,53,55,56)(H,54,57,64). The number of aromatic nitrogens is 5. The molecular weight excluding hydrogens is 958 g/mol. The topological polar surface area (TPSA) is 228 Å². The molecule has 0 saturated carbocycles. The van der Waals surface area contributed by atoms with E-state index in [9.17, 15) is 24.0 Å². The zero-order valence-electron chi connectivity index (χ0n) is 40.5. The number of pyridine rings is 1. The number of carbonyl (C=O) groups is 4. The summed E-state index contributed by atoms with van der Waals surface area (Å²) in [5, 5.41) is 13.3. The number of likely N-dealkylation sites (N-methyl/N-ethyl adjacent to an activating group) is 1. The summed E-state index contributed by atoms with van der Waals surface area (Å²) in [6.07, 6.45) is 11.5. The molecule has 2 fully saturated rings. The summed E-state index contributed by atoms with van der Waals surface area (Å²) in [7, 11) is 4.60. The first-order chi connectivity index (χ1) is 33.6. The summed E-state index contributed by atoms with van der Waals surface area (Å²) < 4.78 is 19.4. The minimum Gasteiger partial charge on any atom is -0.494 e. The molecule has 70 heavy (non-hydrogen) atoms. The summed E-state index contributed by atoms with van der Waals surface area (Å²) in [5.74, 6) is 2.82. The second kappa shape index (κ2) is 23.8. The Labute approximate surface area is 420 Å².